The first-order chi connectivity index (χ1) is 10.6. The van der Waals surface area contributed by atoms with Crippen molar-refractivity contribution in [2.24, 2.45) is 0 Å². The number of anilines is 1. The zero-order chi connectivity index (χ0) is 15.7. The van der Waals surface area contributed by atoms with Crippen LogP contribution in [0.25, 0.3) is 21.3 Å². The van der Waals surface area contributed by atoms with E-state index in [0.29, 0.717) is 6.54 Å². The Bertz CT molecular complexity index is 854. The highest BCUT2D eigenvalue weighted by molar-refractivity contribution is 7.17. The van der Waals surface area contributed by atoms with Crippen molar-refractivity contribution in [3.05, 3.63) is 52.6 Å². The summed E-state index contributed by atoms with van der Waals surface area (Å²) in [5.74, 6) is 0.754. The fourth-order valence-electron chi connectivity index (χ4n) is 2.33. The first kappa shape index (κ1) is 15.0. The number of rotatable bonds is 4. The van der Waals surface area contributed by atoms with E-state index in [2.05, 4.69) is 59.3 Å². The Kier molecular flexibility index (Phi) is 4.14. The molecule has 0 aliphatic rings. The molecule has 0 saturated heterocycles. The summed E-state index contributed by atoms with van der Waals surface area (Å²) < 4.78 is 0. The molecule has 0 unspecified atom stereocenters. The molecule has 0 bridgehead atoms. The Morgan fingerprint density at radius 2 is 2.09 bits per heavy atom. The standard InChI is InChI=1S/C17H16ClN3S/c1-4-7-19-15-14-13(9-22-16(14)21-17(18)20-15)12-6-5-10(2)11(3)8-12/h4-6,8-9H,1,7H2,2-3H3,(H,19,20,21). The van der Waals surface area contributed by atoms with Gasteiger partial charge in [0.2, 0.25) is 5.28 Å². The monoisotopic (exact) mass is 329 g/mol. The van der Waals surface area contributed by atoms with E-state index in [-0.39, 0.29) is 5.28 Å². The zero-order valence-corrected chi connectivity index (χ0v) is 14.1. The number of thiophene rings is 1. The van der Waals surface area contributed by atoms with Gasteiger partial charge in [0.25, 0.3) is 0 Å². The smallest absolute Gasteiger partial charge is 0.225 e. The molecule has 2 heterocycles. The Morgan fingerprint density at radius 1 is 1.27 bits per heavy atom. The Morgan fingerprint density at radius 3 is 2.82 bits per heavy atom. The topological polar surface area (TPSA) is 37.8 Å². The molecule has 0 radical (unpaired) electrons. The van der Waals surface area contributed by atoms with Gasteiger partial charge in [0.15, 0.2) is 0 Å². The number of aromatic nitrogens is 2. The van der Waals surface area contributed by atoms with Gasteiger partial charge in [-0.05, 0) is 42.1 Å². The summed E-state index contributed by atoms with van der Waals surface area (Å²) in [6.45, 7) is 8.60. The molecule has 1 aromatic carbocycles. The largest absolute Gasteiger partial charge is 0.366 e. The van der Waals surface area contributed by atoms with Crippen LogP contribution in [0.3, 0.4) is 0 Å². The third kappa shape index (κ3) is 2.72. The second-order valence-corrected chi connectivity index (χ2v) is 6.34. The highest BCUT2D eigenvalue weighted by Crippen LogP contribution is 2.38. The molecular formula is C17H16ClN3S. The van der Waals surface area contributed by atoms with Crippen LogP contribution in [0.4, 0.5) is 5.82 Å². The lowest BCUT2D eigenvalue weighted by Gasteiger charge is -2.08. The lowest BCUT2D eigenvalue weighted by atomic mass is 10.0. The Balaban J connectivity index is 2.21. The third-order valence-corrected chi connectivity index (χ3v) is 4.68. The predicted octanol–water partition coefficient (Wildman–Crippen LogP) is 5.23. The summed E-state index contributed by atoms with van der Waals surface area (Å²) in [4.78, 5) is 9.57. The van der Waals surface area contributed by atoms with Gasteiger partial charge in [-0.3, -0.25) is 0 Å². The SMILES string of the molecule is C=CCNc1nc(Cl)nc2scc(-c3ccc(C)c(C)c3)c12. The van der Waals surface area contributed by atoms with Crippen molar-refractivity contribution in [1.82, 2.24) is 9.97 Å². The van der Waals surface area contributed by atoms with Gasteiger partial charge in [-0.25, -0.2) is 9.97 Å². The van der Waals surface area contributed by atoms with Gasteiger partial charge in [-0.2, -0.15) is 0 Å². The second-order valence-electron chi connectivity index (χ2n) is 5.14. The van der Waals surface area contributed by atoms with Crippen molar-refractivity contribution in [3.63, 3.8) is 0 Å². The molecule has 0 aliphatic heterocycles. The maximum absolute atomic E-state index is 6.02. The molecule has 0 aliphatic carbocycles. The lowest BCUT2D eigenvalue weighted by molar-refractivity contribution is 1.19. The molecule has 0 spiro atoms. The average Bonchev–Trinajstić information content (AvgIpc) is 2.91. The molecule has 0 saturated carbocycles. The fourth-order valence-corrected chi connectivity index (χ4v) is 3.50. The number of halogens is 1. The quantitative estimate of drug-likeness (QED) is 0.526. The van der Waals surface area contributed by atoms with E-state index in [4.69, 9.17) is 11.6 Å². The molecule has 0 atom stereocenters. The summed E-state index contributed by atoms with van der Waals surface area (Å²) in [5, 5.41) is 6.63. The fraction of sp³-hybridized carbons (Fsp3) is 0.176. The van der Waals surface area contributed by atoms with Crippen LogP contribution in [0.2, 0.25) is 5.28 Å². The van der Waals surface area contributed by atoms with Crippen LogP contribution in [0.1, 0.15) is 11.1 Å². The average molecular weight is 330 g/mol. The first-order valence-electron chi connectivity index (χ1n) is 6.97. The molecule has 2 aromatic heterocycles. The zero-order valence-electron chi connectivity index (χ0n) is 12.5. The summed E-state index contributed by atoms with van der Waals surface area (Å²) >= 11 is 7.60. The Hall–Kier alpha value is -1.91. The van der Waals surface area contributed by atoms with Gasteiger partial charge in [0, 0.05) is 17.5 Å². The summed E-state index contributed by atoms with van der Waals surface area (Å²) in [6, 6.07) is 6.47. The third-order valence-electron chi connectivity index (χ3n) is 3.64. The molecule has 5 heteroatoms. The molecule has 112 valence electrons. The molecular weight excluding hydrogens is 314 g/mol. The van der Waals surface area contributed by atoms with E-state index >= 15 is 0 Å². The maximum atomic E-state index is 6.02. The molecule has 3 rings (SSSR count). The van der Waals surface area contributed by atoms with E-state index in [1.165, 1.54) is 16.7 Å². The lowest BCUT2D eigenvalue weighted by Crippen LogP contribution is -2.02. The van der Waals surface area contributed by atoms with Gasteiger partial charge in [-0.1, -0.05) is 24.3 Å². The van der Waals surface area contributed by atoms with E-state index in [9.17, 15) is 0 Å². The predicted molar refractivity (Wildman–Crippen MR) is 96.0 cm³/mol. The first-order valence-corrected chi connectivity index (χ1v) is 8.23. The molecule has 1 N–H and O–H groups in total. The molecule has 0 fully saturated rings. The highest BCUT2D eigenvalue weighted by atomic mass is 35.5. The van der Waals surface area contributed by atoms with Crippen molar-refractivity contribution in [1.29, 1.82) is 0 Å². The number of fused-ring (bicyclic) bond motifs is 1. The summed E-state index contributed by atoms with van der Waals surface area (Å²) in [7, 11) is 0. The van der Waals surface area contributed by atoms with Gasteiger partial charge in [-0.15, -0.1) is 17.9 Å². The second kappa shape index (κ2) is 6.07. The summed E-state index contributed by atoms with van der Waals surface area (Å²) in [6.07, 6.45) is 1.80. The van der Waals surface area contributed by atoms with Gasteiger partial charge in [0.1, 0.15) is 10.6 Å². The van der Waals surface area contributed by atoms with E-state index in [1.54, 1.807) is 17.4 Å². The molecule has 0 amide bonds. The van der Waals surface area contributed by atoms with Crippen LogP contribution >= 0.6 is 22.9 Å². The number of nitrogens with one attached hydrogen (secondary N) is 1. The number of benzene rings is 1. The van der Waals surface area contributed by atoms with Crippen molar-refractivity contribution in [2.75, 3.05) is 11.9 Å². The van der Waals surface area contributed by atoms with Gasteiger partial charge in [0.05, 0.1) is 5.39 Å². The van der Waals surface area contributed by atoms with E-state index < -0.39 is 0 Å². The van der Waals surface area contributed by atoms with Gasteiger partial charge >= 0.3 is 0 Å². The number of nitrogens with zero attached hydrogens (tertiary/aromatic N) is 2. The minimum Gasteiger partial charge on any atom is -0.366 e. The van der Waals surface area contributed by atoms with Gasteiger partial charge < -0.3 is 5.32 Å². The number of hydrogen-bond donors (Lipinski definition) is 1. The van der Waals surface area contributed by atoms with E-state index in [1.807, 2.05) is 0 Å². The van der Waals surface area contributed by atoms with E-state index in [0.717, 1.165) is 21.6 Å². The normalized spacial score (nSPS) is 10.9. The minimum absolute atomic E-state index is 0.257. The van der Waals surface area contributed by atoms with Crippen LogP contribution < -0.4 is 5.32 Å². The summed E-state index contributed by atoms with van der Waals surface area (Å²) in [5.41, 5.74) is 4.85. The van der Waals surface area contributed by atoms with Crippen molar-refractivity contribution < 1.29 is 0 Å². The van der Waals surface area contributed by atoms with Crippen LogP contribution in [-0.4, -0.2) is 16.5 Å². The van der Waals surface area contributed by atoms with Crippen LogP contribution in [0.5, 0.6) is 0 Å². The van der Waals surface area contributed by atoms with Crippen molar-refractivity contribution >= 4 is 39.0 Å². The van der Waals surface area contributed by atoms with Crippen molar-refractivity contribution in [3.8, 4) is 11.1 Å². The minimum atomic E-state index is 0.257. The van der Waals surface area contributed by atoms with Crippen LogP contribution in [-0.2, 0) is 0 Å². The highest BCUT2D eigenvalue weighted by Gasteiger charge is 2.14. The Labute approximate surface area is 138 Å². The maximum Gasteiger partial charge on any atom is 0.225 e. The van der Waals surface area contributed by atoms with Crippen molar-refractivity contribution in [2.45, 2.75) is 13.8 Å². The molecule has 22 heavy (non-hydrogen) atoms. The number of aryl methyl sites for hydroxylation is 2. The molecule has 3 aromatic rings. The molecule has 3 nitrogen and oxygen atoms in total. The van der Waals surface area contributed by atoms with Crippen LogP contribution in [0.15, 0.2) is 36.2 Å². The van der Waals surface area contributed by atoms with Crippen LogP contribution in [0, 0.1) is 13.8 Å². The number of hydrogen-bond acceptors (Lipinski definition) is 4.